The molecule has 3 rings (SSSR count). The lowest BCUT2D eigenvalue weighted by molar-refractivity contribution is -0.128. The van der Waals surface area contributed by atoms with E-state index in [1.54, 1.807) is 7.11 Å². The first kappa shape index (κ1) is 19.5. The van der Waals surface area contributed by atoms with Crippen molar-refractivity contribution in [3.63, 3.8) is 0 Å². The predicted octanol–water partition coefficient (Wildman–Crippen LogP) is 3.00. The molecule has 2 bridgehead atoms. The van der Waals surface area contributed by atoms with E-state index in [1.165, 1.54) is 0 Å². The van der Waals surface area contributed by atoms with E-state index in [-0.39, 0.29) is 29.6 Å². The summed E-state index contributed by atoms with van der Waals surface area (Å²) in [6.07, 6.45) is 1.78. The number of ether oxygens (including phenoxy) is 1. The van der Waals surface area contributed by atoms with Gasteiger partial charge in [-0.1, -0.05) is 38.1 Å². The van der Waals surface area contributed by atoms with E-state index in [1.807, 2.05) is 31.2 Å². The molecule has 0 saturated heterocycles. The normalized spacial score (nSPS) is 28.5. The number of methoxy groups -OCH3 is 1. The van der Waals surface area contributed by atoms with E-state index in [0.29, 0.717) is 18.8 Å². The second kappa shape index (κ2) is 6.73. The molecule has 144 valence electrons. The van der Waals surface area contributed by atoms with Gasteiger partial charge in [-0.2, -0.15) is 0 Å². The summed E-state index contributed by atoms with van der Waals surface area (Å²) < 4.78 is 33.8. The largest absolute Gasteiger partial charge is 0.375 e. The molecule has 3 atom stereocenters. The molecule has 0 aliphatic heterocycles. The molecule has 0 heterocycles. The van der Waals surface area contributed by atoms with Gasteiger partial charge in [0.05, 0.1) is 11.9 Å². The Bertz CT molecular complexity index is 802. The minimum Gasteiger partial charge on any atom is -0.375 e. The molecule has 0 amide bonds. The van der Waals surface area contributed by atoms with E-state index in [4.69, 9.17) is 4.74 Å². The molecule has 2 saturated carbocycles. The average molecular weight is 380 g/mol. The van der Waals surface area contributed by atoms with Gasteiger partial charge in [0.2, 0.25) is 10.0 Å². The van der Waals surface area contributed by atoms with Crippen molar-refractivity contribution in [3.05, 3.63) is 35.4 Å². The highest BCUT2D eigenvalue weighted by molar-refractivity contribution is 7.89. The van der Waals surface area contributed by atoms with Crippen molar-refractivity contribution in [2.24, 2.45) is 16.7 Å². The Balaban J connectivity index is 1.74. The van der Waals surface area contributed by atoms with E-state index >= 15 is 0 Å². The number of hydrogen-bond donors (Lipinski definition) is 1. The topological polar surface area (TPSA) is 72.5 Å². The summed E-state index contributed by atoms with van der Waals surface area (Å²) in [6, 6.07) is 7.79. The van der Waals surface area contributed by atoms with Crippen LogP contribution in [0, 0.1) is 23.7 Å². The number of benzene rings is 1. The first-order valence-electron chi connectivity index (χ1n) is 9.22. The number of carbonyl (C=O) groups is 1. The van der Waals surface area contributed by atoms with Crippen molar-refractivity contribution in [2.75, 3.05) is 19.4 Å². The van der Waals surface area contributed by atoms with Crippen LogP contribution in [0.1, 0.15) is 50.3 Å². The number of hydrogen-bond acceptors (Lipinski definition) is 4. The lowest BCUT2D eigenvalue weighted by Gasteiger charge is -2.36. The van der Waals surface area contributed by atoms with Gasteiger partial charge in [-0.15, -0.1) is 0 Å². The maximum atomic E-state index is 12.8. The highest BCUT2D eigenvalue weighted by Crippen LogP contribution is 2.64. The molecule has 2 fully saturated rings. The summed E-state index contributed by atoms with van der Waals surface area (Å²) in [5.74, 6) is 0.308. The zero-order chi connectivity index (χ0) is 19.2. The minimum atomic E-state index is -3.59. The van der Waals surface area contributed by atoms with Crippen LogP contribution in [0.5, 0.6) is 0 Å². The zero-order valence-corrected chi connectivity index (χ0v) is 16.9. The maximum Gasteiger partial charge on any atom is 0.212 e. The fraction of sp³-hybridized carbons (Fsp3) is 0.650. The molecule has 6 heteroatoms. The van der Waals surface area contributed by atoms with Gasteiger partial charge in [-0.05, 0) is 42.2 Å². The molecule has 2 aliphatic carbocycles. The fourth-order valence-corrected chi connectivity index (χ4v) is 6.79. The summed E-state index contributed by atoms with van der Waals surface area (Å²) in [5.41, 5.74) is 1.03. The number of ketones is 1. The quantitative estimate of drug-likeness (QED) is 0.790. The van der Waals surface area contributed by atoms with Gasteiger partial charge in [0.25, 0.3) is 0 Å². The van der Waals surface area contributed by atoms with Gasteiger partial charge in [0.1, 0.15) is 5.78 Å². The van der Waals surface area contributed by atoms with E-state index < -0.39 is 15.4 Å². The van der Waals surface area contributed by atoms with Gasteiger partial charge in [-0.25, -0.2) is 13.1 Å². The minimum absolute atomic E-state index is 0.117. The van der Waals surface area contributed by atoms with Crippen LogP contribution in [0.2, 0.25) is 0 Å². The van der Waals surface area contributed by atoms with Crippen molar-refractivity contribution in [2.45, 2.75) is 46.1 Å². The molecule has 26 heavy (non-hydrogen) atoms. The van der Waals surface area contributed by atoms with Crippen LogP contribution in [0.4, 0.5) is 0 Å². The molecule has 1 aromatic carbocycles. The molecule has 0 radical (unpaired) electrons. The Morgan fingerprint density at radius 3 is 2.54 bits per heavy atom. The van der Waals surface area contributed by atoms with Crippen LogP contribution in [-0.2, 0) is 19.6 Å². The maximum absolute atomic E-state index is 12.8. The second-order valence-electron chi connectivity index (χ2n) is 8.36. The zero-order valence-electron chi connectivity index (χ0n) is 16.0. The molecule has 5 nitrogen and oxygen atoms in total. The van der Waals surface area contributed by atoms with Gasteiger partial charge >= 0.3 is 0 Å². The Kier molecular flexibility index (Phi) is 5.05. The smallest absolute Gasteiger partial charge is 0.212 e. The predicted molar refractivity (Wildman–Crippen MR) is 101 cm³/mol. The summed E-state index contributed by atoms with van der Waals surface area (Å²) in [5, 5.41) is 0. The van der Waals surface area contributed by atoms with Crippen LogP contribution in [0.25, 0.3) is 0 Å². The molecular formula is C20H29NO4S. The van der Waals surface area contributed by atoms with Crippen LogP contribution < -0.4 is 4.72 Å². The Hall–Kier alpha value is -1.24. The van der Waals surface area contributed by atoms with Crippen molar-refractivity contribution < 1.29 is 17.9 Å². The second-order valence-corrected chi connectivity index (χ2v) is 10.2. The van der Waals surface area contributed by atoms with Crippen LogP contribution in [-0.4, -0.2) is 33.6 Å². The Morgan fingerprint density at radius 1 is 1.31 bits per heavy atom. The molecule has 2 aliphatic rings. The van der Waals surface area contributed by atoms with E-state index in [0.717, 1.165) is 17.5 Å². The van der Waals surface area contributed by atoms with Crippen LogP contribution in [0.3, 0.4) is 0 Å². The fourth-order valence-electron chi connectivity index (χ4n) is 4.95. The van der Waals surface area contributed by atoms with E-state index in [2.05, 4.69) is 18.6 Å². The molecule has 0 unspecified atom stereocenters. The lowest BCUT2D eigenvalue weighted by atomic mass is 9.70. The third-order valence-corrected chi connectivity index (χ3v) is 8.36. The first-order chi connectivity index (χ1) is 12.1. The third kappa shape index (κ3) is 3.12. The average Bonchev–Trinajstić information content (AvgIpc) is 2.90. The number of carbonyl (C=O) groups excluding carboxylic acids is 1. The van der Waals surface area contributed by atoms with Crippen LogP contribution in [0.15, 0.2) is 24.3 Å². The summed E-state index contributed by atoms with van der Waals surface area (Å²) in [7, 11) is -2.01. The highest BCUT2D eigenvalue weighted by Gasteiger charge is 2.65. The Morgan fingerprint density at radius 2 is 2.00 bits per heavy atom. The van der Waals surface area contributed by atoms with Crippen molar-refractivity contribution in [1.82, 2.24) is 4.72 Å². The number of fused-ring (bicyclic) bond motifs is 2. The molecule has 0 spiro atoms. The van der Waals surface area contributed by atoms with Gasteiger partial charge < -0.3 is 4.74 Å². The van der Waals surface area contributed by atoms with Gasteiger partial charge in [0.15, 0.2) is 0 Å². The number of Topliss-reactive ketones (excluding diaryl/α,β-unsaturated/α-hetero) is 1. The first-order valence-corrected chi connectivity index (χ1v) is 10.9. The van der Waals surface area contributed by atoms with Crippen molar-refractivity contribution in [3.8, 4) is 0 Å². The van der Waals surface area contributed by atoms with Gasteiger partial charge in [0, 0.05) is 25.5 Å². The summed E-state index contributed by atoms with van der Waals surface area (Å²) >= 11 is 0. The SMILES string of the molecule is CO[C@H](CNS(=O)(=O)C[C@@]12CC[C@@H](CC1=O)C2(C)C)c1ccccc1C. The Labute approximate surface area is 156 Å². The van der Waals surface area contributed by atoms with Crippen molar-refractivity contribution >= 4 is 15.8 Å². The number of nitrogens with one attached hydrogen (secondary N) is 1. The standard InChI is InChI=1S/C20H29NO4S/c1-14-7-5-6-8-16(14)17(25-4)12-21-26(23,24)13-20-10-9-15(11-18(20)22)19(20,2)3/h5-8,15,17,21H,9-13H2,1-4H3/t15-,17+,20-/m0/s1. The monoisotopic (exact) mass is 379 g/mol. The van der Waals surface area contributed by atoms with Crippen LogP contribution >= 0.6 is 0 Å². The van der Waals surface area contributed by atoms with E-state index in [9.17, 15) is 13.2 Å². The molecule has 1 aromatic rings. The lowest BCUT2D eigenvalue weighted by Crippen LogP contribution is -2.46. The number of rotatable bonds is 7. The molecule has 1 N–H and O–H groups in total. The number of sulfonamides is 1. The molecule has 0 aromatic heterocycles. The summed E-state index contributed by atoms with van der Waals surface area (Å²) in [4.78, 5) is 12.6. The third-order valence-electron chi connectivity index (χ3n) is 6.88. The number of aryl methyl sites for hydroxylation is 1. The molecular weight excluding hydrogens is 350 g/mol. The van der Waals surface area contributed by atoms with Crippen molar-refractivity contribution in [1.29, 1.82) is 0 Å². The van der Waals surface area contributed by atoms with Gasteiger partial charge in [-0.3, -0.25) is 4.79 Å². The summed E-state index contributed by atoms with van der Waals surface area (Å²) in [6.45, 7) is 6.25. The highest BCUT2D eigenvalue weighted by atomic mass is 32.2.